The molecule has 1 rings (SSSR count). The van der Waals surface area contributed by atoms with E-state index >= 15 is 0 Å². The maximum atomic E-state index is 10.9. The van der Waals surface area contributed by atoms with E-state index in [9.17, 15) is 18.5 Å². The third-order valence-corrected chi connectivity index (χ3v) is 4.41. The van der Waals surface area contributed by atoms with Crippen molar-refractivity contribution in [1.82, 2.24) is 0 Å². The van der Waals surface area contributed by atoms with E-state index < -0.39 is 14.0 Å². The van der Waals surface area contributed by atoms with E-state index in [1.807, 2.05) is 0 Å². The third-order valence-electron chi connectivity index (χ3n) is 1.95. The summed E-state index contributed by atoms with van der Waals surface area (Å²) in [7, 11) is 2.80. The van der Waals surface area contributed by atoms with Crippen molar-refractivity contribution in [3.8, 4) is 5.75 Å². The molecule has 0 aromatic heterocycles. The highest BCUT2D eigenvalue weighted by molar-refractivity contribution is 8.14. The lowest BCUT2D eigenvalue weighted by molar-refractivity contribution is -0.388. The van der Waals surface area contributed by atoms with Crippen LogP contribution in [-0.4, -0.2) is 32.0 Å². The highest BCUT2D eigenvalue weighted by Gasteiger charge is 2.21. The van der Waals surface area contributed by atoms with Crippen molar-refractivity contribution in [2.45, 2.75) is 4.90 Å². The Labute approximate surface area is 113 Å². The summed E-state index contributed by atoms with van der Waals surface area (Å²) in [6, 6.07) is 4.61. The van der Waals surface area contributed by atoms with Crippen LogP contribution in [-0.2, 0) is 9.05 Å². The minimum Gasteiger partial charge on any atom is -0.490 e. The number of rotatable bonds is 6. The summed E-state index contributed by atoms with van der Waals surface area (Å²) in [5.41, 5.74) is -0.169. The zero-order chi connectivity index (χ0) is 13.8. The van der Waals surface area contributed by atoms with Gasteiger partial charge >= 0.3 is 5.69 Å². The zero-order valence-corrected chi connectivity index (χ0v) is 11.7. The van der Waals surface area contributed by atoms with Crippen molar-refractivity contribution >= 4 is 37.2 Å². The minimum atomic E-state index is -3.59. The number of hydrogen-bond acceptors (Lipinski definition) is 6. The monoisotopic (exact) mass is 311 g/mol. The first-order chi connectivity index (χ1) is 8.35. The highest BCUT2D eigenvalue weighted by atomic mass is 35.7. The summed E-state index contributed by atoms with van der Waals surface area (Å²) in [5, 5.41) is 10.9. The number of hydrogen-bond donors (Lipinski definition) is 0. The number of ether oxygens (including phenoxy) is 1. The van der Waals surface area contributed by atoms with E-state index in [-0.39, 0.29) is 22.9 Å². The van der Waals surface area contributed by atoms with Crippen LogP contribution in [0.2, 0.25) is 0 Å². The minimum absolute atomic E-state index is 0.138. The Bertz CT molecular complexity index is 546. The molecule has 0 aliphatic heterocycles. The predicted octanol–water partition coefficient (Wildman–Crippen LogP) is 2.26. The average molecular weight is 312 g/mol. The molecule has 100 valence electrons. The van der Waals surface area contributed by atoms with E-state index in [0.29, 0.717) is 4.90 Å². The van der Waals surface area contributed by atoms with Crippen LogP contribution >= 0.6 is 22.4 Å². The molecule has 0 saturated heterocycles. The van der Waals surface area contributed by atoms with Crippen molar-refractivity contribution in [1.29, 1.82) is 0 Å². The van der Waals surface area contributed by atoms with Gasteiger partial charge in [-0.05, 0) is 12.1 Å². The molecular formula is C9H10ClNO5S2. The van der Waals surface area contributed by atoms with Crippen molar-refractivity contribution < 1.29 is 18.1 Å². The Hall–Kier alpha value is -0.990. The van der Waals surface area contributed by atoms with Crippen LogP contribution in [0.1, 0.15) is 0 Å². The summed E-state index contributed by atoms with van der Waals surface area (Å²) in [6.45, 7) is 0. The lowest BCUT2D eigenvalue weighted by Crippen LogP contribution is -2.01. The van der Waals surface area contributed by atoms with Gasteiger partial charge in [-0.15, -0.1) is 11.8 Å². The van der Waals surface area contributed by atoms with E-state index in [1.54, 1.807) is 6.07 Å². The van der Waals surface area contributed by atoms with Crippen molar-refractivity contribution in [2.24, 2.45) is 0 Å². The van der Waals surface area contributed by atoms with E-state index in [1.165, 1.54) is 19.2 Å². The van der Waals surface area contributed by atoms with Crippen LogP contribution in [0.25, 0.3) is 0 Å². The largest absolute Gasteiger partial charge is 0.490 e. The molecule has 18 heavy (non-hydrogen) atoms. The van der Waals surface area contributed by atoms with E-state index in [2.05, 4.69) is 0 Å². The molecule has 0 unspecified atom stereocenters. The second kappa shape index (κ2) is 6.26. The van der Waals surface area contributed by atoms with Gasteiger partial charge < -0.3 is 4.74 Å². The average Bonchev–Trinajstić information content (AvgIpc) is 2.26. The highest BCUT2D eigenvalue weighted by Crippen LogP contribution is 2.36. The molecule has 0 atom stereocenters. The summed E-state index contributed by atoms with van der Waals surface area (Å²) < 4.78 is 26.4. The first-order valence-electron chi connectivity index (χ1n) is 4.71. The fraction of sp³-hybridized carbons (Fsp3) is 0.333. The lowest BCUT2D eigenvalue weighted by atomic mass is 10.3. The van der Waals surface area contributed by atoms with E-state index in [0.717, 1.165) is 11.8 Å². The van der Waals surface area contributed by atoms with Crippen LogP contribution in [0, 0.1) is 10.1 Å². The van der Waals surface area contributed by atoms with Gasteiger partial charge in [-0.3, -0.25) is 10.1 Å². The predicted molar refractivity (Wildman–Crippen MR) is 70.0 cm³/mol. The molecule has 0 bridgehead atoms. The quantitative estimate of drug-likeness (QED) is 0.346. The van der Waals surface area contributed by atoms with Crippen LogP contribution in [0.5, 0.6) is 5.75 Å². The van der Waals surface area contributed by atoms with E-state index in [4.69, 9.17) is 15.4 Å². The van der Waals surface area contributed by atoms with Crippen molar-refractivity contribution in [2.75, 3.05) is 18.6 Å². The molecular weight excluding hydrogens is 302 g/mol. The summed E-state index contributed by atoms with van der Waals surface area (Å²) in [4.78, 5) is 10.7. The van der Waals surface area contributed by atoms with Gasteiger partial charge in [0.2, 0.25) is 9.05 Å². The van der Waals surface area contributed by atoms with Gasteiger partial charge in [0, 0.05) is 16.4 Å². The maximum absolute atomic E-state index is 10.9. The molecule has 0 N–H and O–H groups in total. The first kappa shape index (κ1) is 15.1. The van der Waals surface area contributed by atoms with Gasteiger partial charge in [-0.1, -0.05) is 6.07 Å². The van der Waals surface area contributed by atoms with Crippen LogP contribution < -0.4 is 4.74 Å². The Morgan fingerprint density at radius 1 is 1.50 bits per heavy atom. The van der Waals surface area contributed by atoms with Gasteiger partial charge in [0.25, 0.3) is 0 Å². The number of nitro groups is 1. The molecule has 1 aromatic rings. The molecule has 0 fully saturated rings. The lowest BCUT2D eigenvalue weighted by Gasteiger charge is -2.05. The third kappa shape index (κ3) is 4.35. The molecule has 0 amide bonds. The fourth-order valence-electron chi connectivity index (χ4n) is 1.21. The molecule has 0 heterocycles. The van der Waals surface area contributed by atoms with Crippen LogP contribution in [0.3, 0.4) is 0 Å². The first-order valence-corrected chi connectivity index (χ1v) is 8.18. The van der Waals surface area contributed by atoms with Crippen LogP contribution in [0.4, 0.5) is 5.69 Å². The number of methoxy groups -OCH3 is 1. The van der Waals surface area contributed by atoms with Gasteiger partial charge in [0.1, 0.15) is 0 Å². The van der Waals surface area contributed by atoms with Crippen LogP contribution in [0.15, 0.2) is 23.1 Å². The van der Waals surface area contributed by atoms with Gasteiger partial charge in [0.15, 0.2) is 5.75 Å². The molecule has 1 aromatic carbocycles. The second-order valence-electron chi connectivity index (χ2n) is 3.16. The number of nitro benzene ring substituents is 1. The normalized spacial score (nSPS) is 11.2. The number of thioether (sulfide) groups is 1. The molecule has 0 aliphatic carbocycles. The van der Waals surface area contributed by atoms with Crippen molar-refractivity contribution in [3.63, 3.8) is 0 Å². The summed E-state index contributed by atoms with van der Waals surface area (Å²) in [6.07, 6.45) is 0. The number of halogens is 1. The molecule has 0 aliphatic rings. The Morgan fingerprint density at radius 3 is 2.67 bits per heavy atom. The Kier molecular flexibility index (Phi) is 5.24. The topological polar surface area (TPSA) is 86.5 Å². The zero-order valence-electron chi connectivity index (χ0n) is 9.33. The number of para-hydroxylation sites is 1. The molecule has 0 spiro atoms. The summed E-state index contributed by atoms with van der Waals surface area (Å²) >= 11 is 1.05. The molecule has 0 saturated carbocycles. The standard InChI is InChI=1S/C9H10ClNO5S2/c1-16-7-3-2-4-8(9(7)11(12)13)17-5-6-18(10,14)15/h2-4H,5-6H2,1H3. The van der Waals surface area contributed by atoms with Gasteiger partial charge in [-0.2, -0.15) is 0 Å². The molecule has 9 heteroatoms. The second-order valence-corrected chi connectivity index (χ2v) is 7.19. The SMILES string of the molecule is COc1cccc(SCCS(=O)(=O)Cl)c1[N+](=O)[O-]. The smallest absolute Gasteiger partial charge is 0.324 e. The number of benzene rings is 1. The summed E-state index contributed by atoms with van der Waals surface area (Å²) in [5.74, 6) is 0.0201. The van der Waals surface area contributed by atoms with Gasteiger partial charge in [-0.25, -0.2) is 8.42 Å². The Balaban J connectivity index is 2.92. The maximum Gasteiger partial charge on any atom is 0.324 e. The Morgan fingerprint density at radius 2 is 2.17 bits per heavy atom. The van der Waals surface area contributed by atoms with Gasteiger partial charge in [0.05, 0.1) is 22.7 Å². The number of nitrogens with zero attached hydrogens (tertiary/aromatic N) is 1. The fourth-order valence-corrected chi connectivity index (χ4v) is 3.62. The molecule has 0 radical (unpaired) electrons. The van der Waals surface area contributed by atoms with Crippen molar-refractivity contribution in [3.05, 3.63) is 28.3 Å². The molecule has 6 nitrogen and oxygen atoms in total.